The zero-order valence-electron chi connectivity index (χ0n) is 8.99. The molecule has 1 aromatic rings. The van der Waals surface area contributed by atoms with Gasteiger partial charge in [-0.25, -0.2) is 9.97 Å². The minimum Gasteiger partial charge on any atom is -0.475 e. The van der Waals surface area contributed by atoms with Crippen LogP contribution in [-0.2, 0) is 11.2 Å². The molecule has 0 fully saturated rings. The number of nitrogens with zero attached hydrogens (tertiary/aromatic N) is 2. The van der Waals surface area contributed by atoms with E-state index in [1.54, 1.807) is 0 Å². The zero-order valence-corrected chi connectivity index (χ0v) is 9.75. The van der Waals surface area contributed by atoms with E-state index in [1.165, 1.54) is 6.33 Å². The number of aromatic nitrogens is 2. The molecule has 0 aliphatic carbocycles. The molecule has 0 aromatic carbocycles. The van der Waals surface area contributed by atoms with Crippen LogP contribution >= 0.6 is 11.6 Å². The van der Waals surface area contributed by atoms with Crippen LogP contribution in [0.1, 0.15) is 19.4 Å². The van der Waals surface area contributed by atoms with Crippen LogP contribution in [0.4, 0.5) is 0 Å². The normalized spacial score (nSPS) is 10.3. The van der Waals surface area contributed by atoms with Gasteiger partial charge in [0.15, 0.2) is 0 Å². The lowest BCUT2D eigenvalue weighted by atomic mass is 10.2. The Kier molecular flexibility index (Phi) is 5.36. The summed E-state index contributed by atoms with van der Waals surface area (Å²) < 4.78 is 10.6. The molecule has 0 bridgehead atoms. The zero-order chi connectivity index (χ0) is 11.1. The molecule has 84 valence electrons. The van der Waals surface area contributed by atoms with Crippen LogP contribution in [-0.4, -0.2) is 29.8 Å². The first-order valence-electron chi connectivity index (χ1n) is 4.99. The molecular weight excluding hydrogens is 216 g/mol. The van der Waals surface area contributed by atoms with Crippen molar-refractivity contribution in [3.05, 3.63) is 17.0 Å². The molecule has 0 aliphatic heterocycles. The topological polar surface area (TPSA) is 44.2 Å². The third-order valence-electron chi connectivity index (χ3n) is 1.88. The fourth-order valence-corrected chi connectivity index (χ4v) is 1.40. The van der Waals surface area contributed by atoms with Gasteiger partial charge < -0.3 is 9.47 Å². The fourth-order valence-electron chi connectivity index (χ4n) is 1.14. The molecule has 1 rings (SSSR count). The standard InChI is InChI=1S/C10H15ClN2O2/c1-3-8-9(11)12-7-13-10(8)15-6-5-14-4-2/h7H,3-6H2,1-2H3. The van der Waals surface area contributed by atoms with Crippen molar-refractivity contribution in [2.24, 2.45) is 0 Å². The van der Waals surface area contributed by atoms with Crippen LogP contribution < -0.4 is 4.74 Å². The summed E-state index contributed by atoms with van der Waals surface area (Å²) >= 11 is 5.91. The molecule has 0 spiro atoms. The van der Waals surface area contributed by atoms with E-state index >= 15 is 0 Å². The Balaban J connectivity index is 2.56. The van der Waals surface area contributed by atoms with Crippen LogP contribution in [0.2, 0.25) is 5.15 Å². The van der Waals surface area contributed by atoms with Gasteiger partial charge in [0.25, 0.3) is 0 Å². The van der Waals surface area contributed by atoms with Gasteiger partial charge in [-0.1, -0.05) is 18.5 Å². The second-order valence-corrected chi connectivity index (χ2v) is 3.21. The Bertz CT molecular complexity index is 307. The first-order chi connectivity index (χ1) is 7.29. The van der Waals surface area contributed by atoms with E-state index in [9.17, 15) is 0 Å². The van der Waals surface area contributed by atoms with Crippen molar-refractivity contribution in [3.8, 4) is 5.88 Å². The quantitative estimate of drug-likeness (QED) is 0.555. The van der Waals surface area contributed by atoms with Crippen molar-refractivity contribution >= 4 is 11.6 Å². The molecular formula is C10H15ClN2O2. The Morgan fingerprint density at radius 3 is 2.73 bits per heavy atom. The van der Waals surface area contributed by atoms with Gasteiger partial charge in [0.1, 0.15) is 18.1 Å². The van der Waals surface area contributed by atoms with Gasteiger partial charge in [-0.15, -0.1) is 0 Å². The Morgan fingerprint density at radius 2 is 2.07 bits per heavy atom. The van der Waals surface area contributed by atoms with E-state index in [4.69, 9.17) is 21.1 Å². The average molecular weight is 231 g/mol. The van der Waals surface area contributed by atoms with Crippen molar-refractivity contribution in [1.82, 2.24) is 9.97 Å². The lowest BCUT2D eigenvalue weighted by molar-refractivity contribution is 0.108. The van der Waals surface area contributed by atoms with Crippen LogP contribution in [0.3, 0.4) is 0 Å². The van der Waals surface area contributed by atoms with Gasteiger partial charge >= 0.3 is 0 Å². The van der Waals surface area contributed by atoms with Crippen molar-refractivity contribution < 1.29 is 9.47 Å². The summed E-state index contributed by atoms with van der Waals surface area (Å²) in [6, 6.07) is 0. The predicted molar refractivity (Wildman–Crippen MR) is 58.4 cm³/mol. The van der Waals surface area contributed by atoms with Gasteiger partial charge in [0.05, 0.1) is 12.2 Å². The summed E-state index contributed by atoms with van der Waals surface area (Å²) in [4.78, 5) is 7.93. The van der Waals surface area contributed by atoms with E-state index in [0.717, 1.165) is 12.0 Å². The molecule has 5 heteroatoms. The summed E-state index contributed by atoms with van der Waals surface area (Å²) in [6.45, 7) is 5.66. The van der Waals surface area contributed by atoms with Crippen LogP contribution in [0, 0.1) is 0 Å². The number of halogens is 1. The summed E-state index contributed by atoms with van der Waals surface area (Å²) in [6.07, 6.45) is 2.15. The molecule has 0 saturated carbocycles. The molecule has 0 unspecified atom stereocenters. The van der Waals surface area contributed by atoms with Crippen LogP contribution in [0.5, 0.6) is 5.88 Å². The highest BCUT2D eigenvalue weighted by molar-refractivity contribution is 6.30. The molecule has 1 heterocycles. The van der Waals surface area contributed by atoms with E-state index < -0.39 is 0 Å². The lowest BCUT2D eigenvalue weighted by Gasteiger charge is -2.09. The maximum Gasteiger partial charge on any atom is 0.221 e. The predicted octanol–water partition coefficient (Wildman–Crippen LogP) is 2.11. The molecule has 0 amide bonds. The van der Waals surface area contributed by atoms with Crippen molar-refractivity contribution in [2.75, 3.05) is 19.8 Å². The van der Waals surface area contributed by atoms with Crippen LogP contribution in [0.15, 0.2) is 6.33 Å². The molecule has 0 radical (unpaired) electrons. The van der Waals surface area contributed by atoms with Gasteiger partial charge in [-0.05, 0) is 13.3 Å². The summed E-state index contributed by atoms with van der Waals surface area (Å²) in [5, 5.41) is 0.457. The molecule has 0 N–H and O–H groups in total. The van der Waals surface area contributed by atoms with E-state index in [1.807, 2.05) is 13.8 Å². The Hall–Kier alpha value is -0.870. The second kappa shape index (κ2) is 6.58. The molecule has 0 atom stereocenters. The Morgan fingerprint density at radius 1 is 1.27 bits per heavy atom. The monoisotopic (exact) mass is 230 g/mol. The van der Waals surface area contributed by atoms with Crippen LogP contribution in [0.25, 0.3) is 0 Å². The minimum atomic E-state index is 0.457. The number of ether oxygens (including phenoxy) is 2. The van der Waals surface area contributed by atoms with E-state index in [-0.39, 0.29) is 0 Å². The van der Waals surface area contributed by atoms with Gasteiger partial charge in [0.2, 0.25) is 5.88 Å². The highest BCUT2D eigenvalue weighted by Gasteiger charge is 2.08. The van der Waals surface area contributed by atoms with Crippen molar-refractivity contribution in [2.45, 2.75) is 20.3 Å². The number of rotatable bonds is 6. The fraction of sp³-hybridized carbons (Fsp3) is 0.600. The molecule has 15 heavy (non-hydrogen) atoms. The summed E-state index contributed by atoms with van der Waals surface area (Å²) in [5.41, 5.74) is 0.843. The summed E-state index contributed by atoms with van der Waals surface area (Å²) in [5.74, 6) is 0.553. The number of hydrogen-bond acceptors (Lipinski definition) is 4. The first-order valence-corrected chi connectivity index (χ1v) is 5.37. The minimum absolute atomic E-state index is 0.457. The molecule has 0 saturated heterocycles. The maximum absolute atomic E-state index is 5.91. The largest absolute Gasteiger partial charge is 0.475 e. The molecule has 0 aliphatic rings. The third kappa shape index (κ3) is 3.64. The molecule has 1 aromatic heterocycles. The van der Waals surface area contributed by atoms with E-state index in [2.05, 4.69) is 9.97 Å². The first kappa shape index (κ1) is 12.2. The van der Waals surface area contributed by atoms with Crippen molar-refractivity contribution in [1.29, 1.82) is 0 Å². The highest BCUT2D eigenvalue weighted by atomic mass is 35.5. The van der Waals surface area contributed by atoms with Gasteiger partial charge in [-0.3, -0.25) is 0 Å². The SMILES string of the molecule is CCOCCOc1ncnc(Cl)c1CC. The third-order valence-corrected chi connectivity index (χ3v) is 2.20. The maximum atomic E-state index is 5.91. The summed E-state index contributed by atoms with van der Waals surface area (Å²) in [7, 11) is 0. The Labute approximate surface area is 94.6 Å². The highest BCUT2D eigenvalue weighted by Crippen LogP contribution is 2.21. The van der Waals surface area contributed by atoms with Gasteiger partial charge in [-0.2, -0.15) is 0 Å². The number of hydrogen-bond donors (Lipinski definition) is 0. The lowest BCUT2D eigenvalue weighted by Crippen LogP contribution is -2.09. The van der Waals surface area contributed by atoms with E-state index in [0.29, 0.717) is 30.9 Å². The smallest absolute Gasteiger partial charge is 0.221 e. The second-order valence-electron chi connectivity index (χ2n) is 2.85. The van der Waals surface area contributed by atoms with Crippen molar-refractivity contribution in [3.63, 3.8) is 0 Å². The molecule has 4 nitrogen and oxygen atoms in total. The average Bonchev–Trinajstić information content (AvgIpc) is 2.24. The van der Waals surface area contributed by atoms with Gasteiger partial charge in [0, 0.05) is 6.61 Å².